The molecule has 0 atom stereocenters. The zero-order chi connectivity index (χ0) is 14.5. The molecule has 20 heavy (non-hydrogen) atoms. The summed E-state index contributed by atoms with van der Waals surface area (Å²) in [5.41, 5.74) is 1.61. The summed E-state index contributed by atoms with van der Waals surface area (Å²) < 4.78 is 5.03. The smallest absolute Gasteiger partial charge is 0.305 e. The molecule has 1 aliphatic rings. The van der Waals surface area contributed by atoms with Gasteiger partial charge in [0.15, 0.2) is 0 Å². The van der Waals surface area contributed by atoms with E-state index >= 15 is 0 Å². The molecule has 0 aromatic heterocycles. The largest absolute Gasteiger partial charge is 0.481 e. The van der Waals surface area contributed by atoms with Gasteiger partial charge in [0.2, 0.25) is 0 Å². The van der Waals surface area contributed by atoms with Crippen LogP contribution in [0.2, 0.25) is 0 Å². The summed E-state index contributed by atoms with van der Waals surface area (Å²) in [5.74, 6) is -0.961. The number of carbonyl (C=O) groups is 2. The second kappa shape index (κ2) is 6.52. The fraction of sp³-hybridized carbons (Fsp3) is 0.467. The normalized spacial score (nSPS) is 14.1. The van der Waals surface area contributed by atoms with E-state index in [0.717, 1.165) is 18.4 Å². The van der Waals surface area contributed by atoms with Gasteiger partial charge in [-0.3, -0.25) is 9.59 Å². The molecule has 5 nitrogen and oxygen atoms in total. The van der Waals surface area contributed by atoms with Crippen molar-refractivity contribution in [3.63, 3.8) is 0 Å². The Bertz CT molecular complexity index is 479. The van der Waals surface area contributed by atoms with E-state index in [1.54, 1.807) is 24.1 Å². The van der Waals surface area contributed by atoms with E-state index in [9.17, 15) is 9.59 Å². The van der Waals surface area contributed by atoms with Gasteiger partial charge in [0.25, 0.3) is 5.91 Å². The molecular formula is C15H19NO4. The van der Waals surface area contributed by atoms with Crippen LogP contribution in [0.3, 0.4) is 0 Å². The molecule has 1 N–H and O–H groups in total. The maximum Gasteiger partial charge on any atom is 0.305 e. The molecule has 0 unspecified atom stereocenters. The Morgan fingerprint density at radius 2 is 1.95 bits per heavy atom. The highest BCUT2D eigenvalue weighted by Crippen LogP contribution is 2.28. The second-order valence-corrected chi connectivity index (χ2v) is 5.00. The Morgan fingerprint density at radius 3 is 2.45 bits per heavy atom. The predicted molar refractivity (Wildman–Crippen MR) is 73.5 cm³/mol. The van der Waals surface area contributed by atoms with Crippen LogP contribution in [0.1, 0.15) is 35.2 Å². The molecule has 1 aliphatic carbocycles. The van der Waals surface area contributed by atoms with Crippen LogP contribution >= 0.6 is 0 Å². The van der Waals surface area contributed by atoms with Crippen molar-refractivity contribution in [2.24, 2.45) is 0 Å². The van der Waals surface area contributed by atoms with E-state index in [0.29, 0.717) is 12.2 Å². The van der Waals surface area contributed by atoms with Gasteiger partial charge in [0, 0.05) is 25.3 Å². The summed E-state index contributed by atoms with van der Waals surface area (Å²) in [4.78, 5) is 24.8. The van der Waals surface area contributed by atoms with Gasteiger partial charge in [-0.2, -0.15) is 0 Å². The Hall–Kier alpha value is -1.88. The summed E-state index contributed by atoms with van der Waals surface area (Å²) >= 11 is 0. The van der Waals surface area contributed by atoms with Gasteiger partial charge in [-0.25, -0.2) is 0 Å². The van der Waals surface area contributed by atoms with E-state index in [4.69, 9.17) is 9.84 Å². The zero-order valence-electron chi connectivity index (χ0n) is 11.5. The summed E-state index contributed by atoms with van der Waals surface area (Å²) in [6.07, 6.45) is 1.92. The van der Waals surface area contributed by atoms with Crippen LogP contribution in [0.4, 0.5) is 0 Å². The van der Waals surface area contributed by atoms with Gasteiger partial charge >= 0.3 is 5.97 Å². The molecule has 1 aromatic carbocycles. The van der Waals surface area contributed by atoms with E-state index in [-0.39, 0.29) is 24.9 Å². The average molecular weight is 277 g/mol. The minimum atomic E-state index is -0.876. The zero-order valence-corrected chi connectivity index (χ0v) is 11.5. The minimum Gasteiger partial charge on any atom is -0.481 e. The standard InChI is InChI=1S/C15H19NO4/c1-20-10-11-2-4-12(5-3-11)15(19)16(13-6-7-13)9-8-14(17)18/h2-5,13H,6-10H2,1H3,(H,17,18). The lowest BCUT2D eigenvalue weighted by molar-refractivity contribution is -0.137. The fourth-order valence-corrected chi connectivity index (χ4v) is 2.13. The Morgan fingerprint density at radius 1 is 1.30 bits per heavy atom. The second-order valence-electron chi connectivity index (χ2n) is 5.00. The summed E-state index contributed by atoms with van der Waals surface area (Å²) in [6.45, 7) is 0.790. The number of aliphatic carboxylic acids is 1. The first-order valence-electron chi connectivity index (χ1n) is 6.72. The number of carbonyl (C=O) groups excluding carboxylic acids is 1. The molecule has 1 saturated carbocycles. The first kappa shape index (κ1) is 14.5. The first-order valence-corrected chi connectivity index (χ1v) is 6.72. The molecular weight excluding hydrogens is 258 g/mol. The van der Waals surface area contributed by atoms with Crippen LogP contribution in [0, 0.1) is 0 Å². The maximum atomic E-state index is 12.4. The van der Waals surface area contributed by atoms with E-state index in [1.165, 1.54) is 0 Å². The third kappa shape index (κ3) is 3.81. The number of amides is 1. The molecule has 0 saturated heterocycles. The van der Waals surface area contributed by atoms with Crippen molar-refractivity contribution in [1.29, 1.82) is 0 Å². The van der Waals surface area contributed by atoms with Crippen LogP contribution < -0.4 is 0 Å². The van der Waals surface area contributed by atoms with Gasteiger partial charge in [-0.1, -0.05) is 12.1 Å². The van der Waals surface area contributed by atoms with Crippen molar-refractivity contribution in [2.45, 2.75) is 31.9 Å². The van der Waals surface area contributed by atoms with Gasteiger partial charge in [0.05, 0.1) is 13.0 Å². The molecule has 108 valence electrons. The average Bonchev–Trinajstić information content (AvgIpc) is 3.24. The number of carboxylic acid groups (broad SMARTS) is 1. The van der Waals surface area contributed by atoms with Crippen molar-refractivity contribution >= 4 is 11.9 Å². The van der Waals surface area contributed by atoms with Crippen LogP contribution in [0.5, 0.6) is 0 Å². The topological polar surface area (TPSA) is 66.8 Å². The highest BCUT2D eigenvalue weighted by Gasteiger charge is 2.33. The van der Waals surface area contributed by atoms with Crippen molar-refractivity contribution in [3.05, 3.63) is 35.4 Å². The third-order valence-corrected chi connectivity index (χ3v) is 3.33. The van der Waals surface area contributed by atoms with Crippen LogP contribution in [-0.2, 0) is 16.1 Å². The summed E-state index contributed by atoms with van der Waals surface area (Å²) in [6, 6.07) is 7.47. The predicted octanol–water partition coefficient (Wildman–Crippen LogP) is 1.91. The van der Waals surface area contributed by atoms with Crippen molar-refractivity contribution < 1.29 is 19.4 Å². The molecule has 0 bridgehead atoms. The van der Waals surface area contributed by atoms with Crippen molar-refractivity contribution in [2.75, 3.05) is 13.7 Å². The monoisotopic (exact) mass is 277 g/mol. The Labute approximate surface area is 118 Å². The number of carboxylic acids is 1. The van der Waals surface area contributed by atoms with Crippen LogP contribution in [0.25, 0.3) is 0 Å². The molecule has 2 rings (SSSR count). The van der Waals surface area contributed by atoms with E-state index in [1.807, 2.05) is 12.1 Å². The number of methoxy groups -OCH3 is 1. The Kier molecular flexibility index (Phi) is 4.74. The number of nitrogens with zero attached hydrogens (tertiary/aromatic N) is 1. The van der Waals surface area contributed by atoms with Crippen LogP contribution in [0.15, 0.2) is 24.3 Å². The van der Waals surface area contributed by atoms with Gasteiger partial charge in [-0.15, -0.1) is 0 Å². The number of benzene rings is 1. The first-order chi connectivity index (χ1) is 9.61. The van der Waals surface area contributed by atoms with Crippen molar-refractivity contribution in [3.8, 4) is 0 Å². The molecule has 0 spiro atoms. The highest BCUT2D eigenvalue weighted by atomic mass is 16.5. The van der Waals surface area contributed by atoms with Gasteiger partial charge < -0.3 is 14.7 Å². The van der Waals surface area contributed by atoms with Gasteiger partial charge in [-0.05, 0) is 30.5 Å². The summed E-state index contributed by atoms with van der Waals surface area (Å²) in [7, 11) is 1.62. The van der Waals surface area contributed by atoms with E-state index in [2.05, 4.69) is 0 Å². The number of hydrogen-bond donors (Lipinski definition) is 1. The Balaban J connectivity index is 2.04. The molecule has 5 heteroatoms. The lowest BCUT2D eigenvalue weighted by atomic mass is 10.1. The molecule has 0 radical (unpaired) electrons. The minimum absolute atomic E-state index is 0.00992. The van der Waals surface area contributed by atoms with E-state index < -0.39 is 5.97 Å². The lowest BCUT2D eigenvalue weighted by Crippen LogP contribution is -2.35. The third-order valence-electron chi connectivity index (χ3n) is 3.33. The quantitative estimate of drug-likeness (QED) is 0.826. The molecule has 0 aliphatic heterocycles. The highest BCUT2D eigenvalue weighted by molar-refractivity contribution is 5.94. The van der Waals surface area contributed by atoms with Crippen molar-refractivity contribution in [1.82, 2.24) is 4.90 Å². The summed E-state index contributed by atoms with van der Waals surface area (Å²) in [5, 5.41) is 8.76. The van der Waals surface area contributed by atoms with Crippen LogP contribution in [-0.4, -0.2) is 41.6 Å². The van der Waals surface area contributed by atoms with Gasteiger partial charge in [0.1, 0.15) is 0 Å². The molecule has 0 heterocycles. The molecule has 1 fully saturated rings. The fourth-order valence-electron chi connectivity index (χ4n) is 2.13. The number of rotatable bonds is 7. The molecule has 1 aromatic rings. The lowest BCUT2D eigenvalue weighted by Gasteiger charge is -2.21. The molecule has 1 amide bonds. The SMILES string of the molecule is COCc1ccc(C(=O)N(CCC(=O)O)C2CC2)cc1. The number of ether oxygens (including phenoxy) is 1. The maximum absolute atomic E-state index is 12.4. The number of hydrogen-bond acceptors (Lipinski definition) is 3.